The maximum absolute atomic E-state index is 4.47. The zero-order valence-electron chi connectivity index (χ0n) is 10.9. The molecule has 5 heteroatoms. The van der Waals surface area contributed by atoms with E-state index in [-0.39, 0.29) is 0 Å². The van der Waals surface area contributed by atoms with Crippen molar-refractivity contribution in [1.29, 1.82) is 0 Å². The van der Waals surface area contributed by atoms with Gasteiger partial charge < -0.3 is 0 Å². The molecule has 3 rings (SSSR count). The van der Waals surface area contributed by atoms with Crippen LogP contribution < -0.4 is 5.43 Å². The number of pyridine rings is 1. The van der Waals surface area contributed by atoms with Gasteiger partial charge in [0.15, 0.2) is 0 Å². The van der Waals surface area contributed by atoms with Crippen molar-refractivity contribution < 1.29 is 0 Å². The second-order valence-electron chi connectivity index (χ2n) is 4.72. The van der Waals surface area contributed by atoms with Crippen molar-refractivity contribution in [3.63, 3.8) is 0 Å². The molecule has 19 heavy (non-hydrogen) atoms. The minimum Gasteiger partial charge on any atom is -0.255 e. The molecule has 0 unspecified atom stereocenters. The first-order valence-corrected chi connectivity index (χ1v) is 7.58. The van der Waals surface area contributed by atoms with Crippen LogP contribution in [0.4, 0.5) is 0 Å². The van der Waals surface area contributed by atoms with Crippen LogP contribution in [0.15, 0.2) is 30.6 Å². The molecule has 1 N–H and O–H groups in total. The molecule has 0 spiro atoms. The van der Waals surface area contributed by atoms with Gasteiger partial charge >= 0.3 is 0 Å². The maximum Gasteiger partial charge on any atom is 0.108 e. The molecule has 1 saturated heterocycles. The van der Waals surface area contributed by atoms with Crippen molar-refractivity contribution >= 4 is 11.3 Å². The van der Waals surface area contributed by atoms with E-state index in [9.17, 15) is 0 Å². The largest absolute Gasteiger partial charge is 0.255 e. The summed E-state index contributed by atoms with van der Waals surface area (Å²) >= 11 is 1.71. The Morgan fingerprint density at radius 2 is 2.05 bits per heavy atom. The van der Waals surface area contributed by atoms with Crippen LogP contribution in [0.2, 0.25) is 0 Å². The number of rotatable bonds is 4. The van der Waals surface area contributed by atoms with E-state index in [4.69, 9.17) is 0 Å². The number of piperidine rings is 1. The number of nitrogens with one attached hydrogen (secondary N) is 1. The van der Waals surface area contributed by atoms with Crippen LogP contribution in [0, 0.1) is 0 Å². The number of hydrogen-bond donors (Lipinski definition) is 1. The first kappa shape index (κ1) is 12.7. The fourth-order valence-electron chi connectivity index (χ4n) is 2.25. The highest BCUT2D eigenvalue weighted by molar-refractivity contribution is 7.15. The lowest BCUT2D eigenvalue weighted by atomic mass is 10.2. The summed E-state index contributed by atoms with van der Waals surface area (Å²) in [7, 11) is 0. The Kier molecular flexibility index (Phi) is 4.17. The molecule has 2 aromatic heterocycles. The highest BCUT2D eigenvalue weighted by atomic mass is 32.1. The number of hydrazine groups is 1. The molecular weight excluding hydrogens is 256 g/mol. The molecule has 0 aliphatic carbocycles. The monoisotopic (exact) mass is 274 g/mol. The van der Waals surface area contributed by atoms with Crippen molar-refractivity contribution in [1.82, 2.24) is 20.4 Å². The van der Waals surface area contributed by atoms with Gasteiger partial charge in [-0.25, -0.2) is 15.4 Å². The second-order valence-corrected chi connectivity index (χ2v) is 5.83. The fraction of sp³-hybridized carbons (Fsp3) is 0.429. The number of hydrogen-bond acceptors (Lipinski definition) is 5. The lowest BCUT2D eigenvalue weighted by Gasteiger charge is -2.26. The van der Waals surface area contributed by atoms with E-state index in [2.05, 4.69) is 20.4 Å². The highest BCUT2D eigenvalue weighted by Crippen LogP contribution is 2.23. The maximum atomic E-state index is 4.47. The molecule has 3 heterocycles. The Morgan fingerprint density at radius 3 is 2.84 bits per heavy atom. The van der Waals surface area contributed by atoms with Crippen molar-refractivity contribution in [2.45, 2.75) is 25.8 Å². The molecule has 0 amide bonds. The SMILES string of the molecule is c1ccc(-c2cnc(CNN3CCCCC3)s2)nc1. The number of nitrogens with zero attached hydrogens (tertiary/aromatic N) is 3. The smallest absolute Gasteiger partial charge is 0.108 e. The Hall–Kier alpha value is -1.30. The summed E-state index contributed by atoms with van der Waals surface area (Å²) < 4.78 is 0. The van der Waals surface area contributed by atoms with Crippen molar-refractivity contribution in [3.8, 4) is 10.6 Å². The van der Waals surface area contributed by atoms with Gasteiger partial charge in [-0.3, -0.25) is 4.98 Å². The molecular formula is C14H18N4S. The van der Waals surface area contributed by atoms with Crippen LogP contribution >= 0.6 is 11.3 Å². The van der Waals surface area contributed by atoms with E-state index in [1.165, 1.54) is 19.3 Å². The Bertz CT molecular complexity index is 505. The topological polar surface area (TPSA) is 41.1 Å². The second kappa shape index (κ2) is 6.23. The predicted molar refractivity (Wildman–Crippen MR) is 77.6 cm³/mol. The Balaban J connectivity index is 1.59. The molecule has 2 aromatic rings. The minimum atomic E-state index is 0.817. The zero-order valence-corrected chi connectivity index (χ0v) is 11.7. The molecule has 0 radical (unpaired) electrons. The van der Waals surface area contributed by atoms with Crippen LogP contribution in [0.25, 0.3) is 10.6 Å². The van der Waals surface area contributed by atoms with Gasteiger partial charge in [0.25, 0.3) is 0 Å². The summed E-state index contributed by atoms with van der Waals surface area (Å²) in [5.74, 6) is 0. The van der Waals surface area contributed by atoms with Gasteiger partial charge in [0.05, 0.1) is 17.1 Å². The molecule has 4 nitrogen and oxygen atoms in total. The van der Waals surface area contributed by atoms with Gasteiger partial charge in [-0.2, -0.15) is 0 Å². The van der Waals surface area contributed by atoms with Crippen molar-refractivity contribution in [3.05, 3.63) is 35.6 Å². The van der Waals surface area contributed by atoms with Gasteiger partial charge in [-0.05, 0) is 25.0 Å². The van der Waals surface area contributed by atoms with E-state index in [1.807, 2.05) is 30.6 Å². The molecule has 0 saturated carbocycles. The molecule has 0 aromatic carbocycles. The van der Waals surface area contributed by atoms with Crippen molar-refractivity contribution in [2.75, 3.05) is 13.1 Å². The zero-order chi connectivity index (χ0) is 12.9. The van der Waals surface area contributed by atoms with Crippen molar-refractivity contribution in [2.24, 2.45) is 0 Å². The molecule has 0 bridgehead atoms. The van der Waals surface area contributed by atoms with Crippen LogP contribution in [-0.4, -0.2) is 28.1 Å². The molecule has 1 aliphatic heterocycles. The first-order chi connectivity index (χ1) is 9.42. The molecule has 1 fully saturated rings. The minimum absolute atomic E-state index is 0.817. The van der Waals surface area contributed by atoms with Gasteiger partial charge in [0, 0.05) is 25.5 Å². The fourth-order valence-corrected chi connectivity index (χ4v) is 3.08. The Labute approximate surface area is 117 Å². The summed E-state index contributed by atoms with van der Waals surface area (Å²) in [6.07, 6.45) is 7.69. The van der Waals surface area contributed by atoms with Gasteiger partial charge in [-0.15, -0.1) is 11.3 Å². The lowest BCUT2D eigenvalue weighted by molar-refractivity contribution is 0.151. The average Bonchev–Trinajstić information content (AvgIpc) is 2.96. The van der Waals surface area contributed by atoms with E-state index >= 15 is 0 Å². The van der Waals surface area contributed by atoms with Crippen LogP contribution in [0.3, 0.4) is 0 Å². The van der Waals surface area contributed by atoms with Gasteiger partial charge in [-0.1, -0.05) is 12.5 Å². The van der Waals surface area contributed by atoms with Crippen LogP contribution in [0.1, 0.15) is 24.3 Å². The summed E-state index contributed by atoms with van der Waals surface area (Å²) in [4.78, 5) is 9.95. The van der Waals surface area contributed by atoms with E-state index in [1.54, 1.807) is 11.3 Å². The van der Waals surface area contributed by atoms with E-state index in [0.717, 1.165) is 35.2 Å². The molecule has 1 aliphatic rings. The summed E-state index contributed by atoms with van der Waals surface area (Å²) in [6, 6.07) is 5.96. The third-order valence-electron chi connectivity index (χ3n) is 3.28. The summed E-state index contributed by atoms with van der Waals surface area (Å²) in [5, 5.41) is 3.43. The quantitative estimate of drug-likeness (QED) is 0.930. The van der Waals surface area contributed by atoms with Crippen LogP contribution in [-0.2, 0) is 6.54 Å². The number of thiazole rings is 1. The Morgan fingerprint density at radius 1 is 1.16 bits per heavy atom. The molecule has 100 valence electrons. The highest BCUT2D eigenvalue weighted by Gasteiger charge is 2.10. The predicted octanol–water partition coefficient (Wildman–Crippen LogP) is 2.70. The summed E-state index contributed by atoms with van der Waals surface area (Å²) in [5.41, 5.74) is 4.47. The van der Waals surface area contributed by atoms with Crippen LogP contribution in [0.5, 0.6) is 0 Å². The van der Waals surface area contributed by atoms with Gasteiger partial charge in [0.2, 0.25) is 0 Å². The standard InChI is InChI=1S/C14H18N4S/c1-4-8-18(9-5-1)17-11-14-16-10-13(19-14)12-6-2-3-7-15-12/h2-3,6-7,10,17H,1,4-5,8-9,11H2. The lowest BCUT2D eigenvalue weighted by Crippen LogP contribution is -2.41. The summed E-state index contributed by atoms with van der Waals surface area (Å²) in [6.45, 7) is 3.12. The van der Waals surface area contributed by atoms with E-state index < -0.39 is 0 Å². The van der Waals surface area contributed by atoms with E-state index in [0.29, 0.717) is 0 Å². The van der Waals surface area contributed by atoms with Gasteiger partial charge in [0.1, 0.15) is 5.01 Å². The average molecular weight is 274 g/mol. The third-order valence-corrected chi connectivity index (χ3v) is 4.30. The number of aromatic nitrogens is 2. The third kappa shape index (κ3) is 3.37. The normalized spacial score (nSPS) is 16.6. The molecule has 0 atom stereocenters. The first-order valence-electron chi connectivity index (χ1n) is 6.76.